The number of sulfonamides is 1. The van der Waals surface area contributed by atoms with E-state index >= 15 is 0 Å². The maximum Gasteiger partial charge on any atom is 0.218 e. The quantitative estimate of drug-likeness (QED) is 0.607. The number of anilines is 1. The van der Waals surface area contributed by atoms with Gasteiger partial charge in [0.15, 0.2) is 0 Å². The Bertz CT molecular complexity index is 952. The van der Waals surface area contributed by atoms with Crippen molar-refractivity contribution in [2.24, 2.45) is 5.92 Å². The fraction of sp³-hybridized carbons (Fsp3) is 0.520. The SMILES string of the molecule is CC(C)CN(Cc1ccc(N2CCC3(CCCO3)C2)cc1)S(=O)(=O)Cc1ccccc1. The van der Waals surface area contributed by atoms with Crippen molar-refractivity contribution in [1.29, 1.82) is 0 Å². The van der Waals surface area contributed by atoms with E-state index in [2.05, 4.69) is 43.0 Å². The fourth-order valence-electron chi connectivity index (χ4n) is 4.72. The minimum Gasteiger partial charge on any atom is -0.373 e. The first-order valence-electron chi connectivity index (χ1n) is 11.3. The lowest BCUT2D eigenvalue weighted by Crippen LogP contribution is -2.34. The van der Waals surface area contributed by atoms with Crippen LogP contribution in [-0.4, -0.2) is 44.6 Å². The summed E-state index contributed by atoms with van der Waals surface area (Å²) in [6.45, 7) is 7.89. The molecule has 0 bridgehead atoms. The minimum atomic E-state index is -3.40. The molecule has 4 rings (SSSR count). The first-order valence-corrected chi connectivity index (χ1v) is 13.0. The van der Waals surface area contributed by atoms with Crippen LogP contribution >= 0.6 is 0 Å². The average Bonchev–Trinajstić information content (AvgIpc) is 3.38. The van der Waals surface area contributed by atoms with Gasteiger partial charge in [0, 0.05) is 38.5 Å². The summed E-state index contributed by atoms with van der Waals surface area (Å²) in [4.78, 5) is 2.40. The van der Waals surface area contributed by atoms with E-state index in [1.54, 1.807) is 4.31 Å². The van der Waals surface area contributed by atoms with Crippen LogP contribution in [0.15, 0.2) is 54.6 Å². The van der Waals surface area contributed by atoms with Crippen molar-refractivity contribution in [3.63, 3.8) is 0 Å². The van der Waals surface area contributed by atoms with Crippen molar-refractivity contribution in [2.75, 3.05) is 31.1 Å². The molecule has 2 aliphatic rings. The number of nitrogens with zero attached hydrogens (tertiary/aromatic N) is 2. The van der Waals surface area contributed by atoms with Gasteiger partial charge in [-0.05, 0) is 48.4 Å². The Morgan fingerprint density at radius 3 is 2.42 bits per heavy atom. The Morgan fingerprint density at radius 2 is 1.77 bits per heavy atom. The molecule has 2 saturated heterocycles. The number of ether oxygens (including phenoxy) is 1. The van der Waals surface area contributed by atoms with Gasteiger partial charge in [0.2, 0.25) is 10.0 Å². The molecule has 168 valence electrons. The molecule has 0 aromatic heterocycles. The molecular formula is C25H34N2O3S. The molecule has 1 unspecified atom stereocenters. The normalized spacial score (nSPS) is 21.6. The smallest absolute Gasteiger partial charge is 0.218 e. The molecule has 0 saturated carbocycles. The van der Waals surface area contributed by atoms with Gasteiger partial charge in [0.05, 0.1) is 11.4 Å². The van der Waals surface area contributed by atoms with Gasteiger partial charge in [-0.2, -0.15) is 4.31 Å². The molecule has 2 aliphatic heterocycles. The van der Waals surface area contributed by atoms with Gasteiger partial charge in [-0.3, -0.25) is 0 Å². The summed E-state index contributed by atoms with van der Waals surface area (Å²) in [6, 6.07) is 17.8. The van der Waals surface area contributed by atoms with E-state index in [9.17, 15) is 8.42 Å². The molecule has 0 radical (unpaired) electrons. The maximum atomic E-state index is 13.2. The number of rotatable bonds is 8. The highest BCUT2D eigenvalue weighted by atomic mass is 32.2. The second-order valence-electron chi connectivity index (χ2n) is 9.40. The number of benzene rings is 2. The Labute approximate surface area is 187 Å². The molecule has 6 heteroatoms. The number of hydrogen-bond donors (Lipinski definition) is 0. The van der Waals surface area contributed by atoms with Crippen molar-refractivity contribution in [3.05, 3.63) is 65.7 Å². The van der Waals surface area contributed by atoms with Crippen LogP contribution < -0.4 is 4.90 Å². The summed E-state index contributed by atoms with van der Waals surface area (Å²) in [5.41, 5.74) is 3.09. The fourth-order valence-corrected chi connectivity index (χ4v) is 6.39. The maximum absolute atomic E-state index is 13.2. The van der Waals surface area contributed by atoms with E-state index < -0.39 is 10.0 Å². The third-order valence-corrected chi connectivity index (χ3v) is 8.08. The van der Waals surface area contributed by atoms with Crippen molar-refractivity contribution in [3.8, 4) is 0 Å². The summed E-state index contributed by atoms with van der Waals surface area (Å²) in [5, 5.41) is 0. The van der Waals surface area contributed by atoms with Gasteiger partial charge >= 0.3 is 0 Å². The van der Waals surface area contributed by atoms with Crippen LogP contribution in [0.4, 0.5) is 5.69 Å². The number of hydrogen-bond acceptors (Lipinski definition) is 4. The summed E-state index contributed by atoms with van der Waals surface area (Å²) in [5.74, 6) is 0.297. The van der Waals surface area contributed by atoms with E-state index in [1.807, 2.05) is 30.3 Å². The lowest BCUT2D eigenvalue weighted by atomic mass is 10.00. The summed E-state index contributed by atoms with van der Waals surface area (Å²) in [7, 11) is -3.40. The summed E-state index contributed by atoms with van der Waals surface area (Å²) < 4.78 is 34.0. The first-order chi connectivity index (χ1) is 14.9. The zero-order valence-electron chi connectivity index (χ0n) is 18.7. The molecule has 2 heterocycles. The highest BCUT2D eigenvalue weighted by Crippen LogP contribution is 2.37. The molecular weight excluding hydrogens is 408 g/mol. The predicted octanol–water partition coefficient (Wildman–Crippen LogP) is 4.43. The molecule has 31 heavy (non-hydrogen) atoms. The molecule has 0 aliphatic carbocycles. The van der Waals surface area contributed by atoms with E-state index in [0.717, 1.165) is 50.1 Å². The monoisotopic (exact) mass is 442 g/mol. The highest BCUT2D eigenvalue weighted by molar-refractivity contribution is 7.88. The largest absolute Gasteiger partial charge is 0.373 e. The van der Waals surface area contributed by atoms with Crippen LogP contribution in [0.1, 0.15) is 44.2 Å². The Hall–Kier alpha value is -1.89. The zero-order chi connectivity index (χ0) is 21.9. The van der Waals surface area contributed by atoms with E-state index in [1.165, 1.54) is 5.69 Å². The topological polar surface area (TPSA) is 49.9 Å². The average molecular weight is 443 g/mol. The summed E-state index contributed by atoms with van der Waals surface area (Å²) in [6.07, 6.45) is 3.41. The van der Waals surface area contributed by atoms with E-state index in [4.69, 9.17) is 4.74 Å². The minimum absolute atomic E-state index is 0.0362. The van der Waals surface area contributed by atoms with E-state index in [0.29, 0.717) is 13.1 Å². The molecule has 2 aromatic carbocycles. The van der Waals surface area contributed by atoms with Gasteiger partial charge < -0.3 is 9.64 Å². The lowest BCUT2D eigenvalue weighted by Gasteiger charge is -2.26. The lowest BCUT2D eigenvalue weighted by molar-refractivity contribution is 0.0231. The molecule has 2 fully saturated rings. The molecule has 0 amide bonds. The zero-order valence-corrected chi connectivity index (χ0v) is 19.5. The van der Waals surface area contributed by atoms with Crippen molar-refractivity contribution >= 4 is 15.7 Å². The van der Waals surface area contributed by atoms with Crippen LogP contribution in [0.5, 0.6) is 0 Å². The van der Waals surface area contributed by atoms with Gasteiger partial charge in [-0.1, -0.05) is 56.3 Å². The second-order valence-corrected chi connectivity index (χ2v) is 11.4. The van der Waals surface area contributed by atoms with Gasteiger partial charge in [-0.25, -0.2) is 8.42 Å². The van der Waals surface area contributed by atoms with Crippen LogP contribution in [0.3, 0.4) is 0 Å². The third kappa shape index (κ3) is 5.48. The predicted molar refractivity (Wildman–Crippen MR) is 126 cm³/mol. The molecule has 0 N–H and O–H groups in total. The Kier molecular flexibility index (Phi) is 6.70. The van der Waals surface area contributed by atoms with Gasteiger partial charge in [0.25, 0.3) is 0 Å². The van der Waals surface area contributed by atoms with Gasteiger partial charge in [-0.15, -0.1) is 0 Å². The van der Waals surface area contributed by atoms with Crippen molar-refractivity contribution in [2.45, 2.75) is 51.0 Å². The van der Waals surface area contributed by atoms with Crippen molar-refractivity contribution in [1.82, 2.24) is 4.31 Å². The van der Waals surface area contributed by atoms with Crippen LogP contribution in [0.2, 0.25) is 0 Å². The molecule has 1 atom stereocenters. The van der Waals surface area contributed by atoms with E-state index in [-0.39, 0.29) is 17.3 Å². The Morgan fingerprint density at radius 1 is 1.03 bits per heavy atom. The Balaban J connectivity index is 1.45. The standard InChI is InChI=1S/C25H34N2O3S/c1-21(2)17-27(31(28,29)19-23-7-4-3-5-8-23)18-22-9-11-24(12-10-22)26-15-14-25(20-26)13-6-16-30-25/h3-5,7-12,21H,6,13-20H2,1-2H3. The summed E-state index contributed by atoms with van der Waals surface area (Å²) >= 11 is 0. The third-order valence-electron chi connectivity index (χ3n) is 6.32. The van der Waals surface area contributed by atoms with Crippen LogP contribution in [0.25, 0.3) is 0 Å². The molecule has 1 spiro atoms. The molecule has 2 aromatic rings. The second kappa shape index (κ2) is 9.31. The molecule has 5 nitrogen and oxygen atoms in total. The van der Waals surface area contributed by atoms with Crippen LogP contribution in [0, 0.1) is 5.92 Å². The first kappa shape index (κ1) is 22.3. The highest BCUT2D eigenvalue weighted by Gasteiger charge is 2.41. The van der Waals surface area contributed by atoms with Crippen molar-refractivity contribution < 1.29 is 13.2 Å². The van der Waals surface area contributed by atoms with Crippen LogP contribution in [-0.2, 0) is 27.1 Å². The van der Waals surface area contributed by atoms with Gasteiger partial charge in [0.1, 0.15) is 0 Å².